The van der Waals surface area contributed by atoms with Gasteiger partial charge in [0.2, 0.25) is 0 Å². The normalized spacial score (nSPS) is 12.1. The number of aromatic nitrogens is 4. The fourth-order valence-corrected chi connectivity index (χ4v) is 4.01. The van der Waals surface area contributed by atoms with Crippen molar-refractivity contribution >= 4 is 0 Å². The van der Waals surface area contributed by atoms with E-state index >= 15 is 0 Å². The number of benzene rings is 2. The third-order valence-electron chi connectivity index (χ3n) is 6.76. The summed E-state index contributed by atoms with van der Waals surface area (Å²) < 4.78 is 0. The molecule has 0 bridgehead atoms. The number of H-pyrrole nitrogens is 2. The summed E-state index contributed by atoms with van der Waals surface area (Å²) in [5.74, 6) is 1.94. The van der Waals surface area contributed by atoms with Crippen molar-refractivity contribution in [3.05, 3.63) is 72.1 Å². The number of nitrogens with zero attached hydrogens (tertiary/aromatic N) is 2. The standard InChI is InChI=1S/C29H38N6.2C2H6/c1-6-20(4)30-17-28-32-15-26(34-28)23-10-8-22(9-11-23)24-12-13-25(19(3)14-24)27-16-33-29(35-27)18-31-21(5)7-2;2*1-2/h8-16,20-21,30-31H,6-7,17-18H2,1-5H3,(H,32,34)(H,33,35);2*1-2H3/t20-,21-;;/m0../s1. The van der Waals surface area contributed by atoms with Crippen LogP contribution in [0.3, 0.4) is 0 Å². The molecule has 6 nitrogen and oxygen atoms in total. The Balaban J connectivity index is 0.00000127. The quantitative estimate of drug-likeness (QED) is 0.157. The zero-order chi connectivity index (χ0) is 28.8. The maximum atomic E-state index is 4.56. The maximum Gasteiger partial charge on any atom is 0.120 e. The molecule has 4 rings (SSSR count). The minimum absolute atomic E-state index is 0.484. The van der Waals surface area contributed by atoms with Crippen LogP contribution in [0.15, 0.2) is 54.9 Å². The minimum Gasteiger partial charge on any atom is -0.341 e. The fraction of sp³-hybridized carbons (Fsp3) is 0.455. The van der Waals surface area contributed by atoms with Gasteiger partial charge in [0.1, 0.15) is 11.6 Å². The molecule has 2 aromatic carbocycles. The molecule has 4 aromatic rings. The Bertz CT molecular complexity index is 1220. The van der Waals surface area contributed by atoms with Crippen molar-refractivity contribution in [2.24, 2.45) is 0 Å². The first kappa shape index (κ1) is 32.0. The summed E-state index contributed by atoms with van der Waals surface area (Å²) in [6.07, 6.45) is 6.06. The zero-order valence-electron chi connectivity index (χ0n) is 25.6. The third-order valence-corrected chi connectivity index (χ3v) is 6.76. The Hall–Kier alpha value is -3.22. The van der Waals surface area contributed by atoms with Crippen LogP contribution in [0, 0.1) is 6.92 Å². The molecule has 39 heavy (non-hydrogen) atoms. The summed E-state index contributed by atoms with van der Waals surface area (Å²) in [5, 5.41) is 6.96. The van der Waals surface area contributed by atoms with Crippen molar-refractivity contribution in [2.45, 2.75) is 100 Å². The molecule has 0 radical (unpaired) electrons. The highest BCUT2D eigenvalue weighted by molar-refractivity contribution is 5.73. The molecule has 0 fully saturated rings. The predicted octanol–water partition coefficient (Wildman–Crippen LogP) is 8.27. The number of imidazole rings is 2. The van der Waals surface area contributed by atoms with Crippen molar-refractivity contribution < 1.29 is 0 Å². The van der Waals surface area contributed by atoms with Crippen molar-refractivity contribution in [1.29, 1.82) is 0 Å². The Labute approximate surface area is 236 Å². The number of hydrogen-bond acceptors (Lipinski definition) is 4. The van der Waals surface area contributed by atoms with Crippen molar-refractivity contribution in [3.63, 3.8) is 0 Å². The van der Waals surface area contributed by atoms with E-state index in [0.717, 1.165) is 54.5 Å². The van der Waals surface area contributed by atoms with Crippen molar-refractivity contribution in [1.82, 2.24) is 30.6 Å². The van der Waals surface area contributed by atoms with E-state index in [9.17, 15) is 0 Å². The van der Waals surface area contributed by atoms with E-state index < -0.39 is 0 Å². The van der Waals surface area contributed by atoms with Gasteiger partial charge in [0.25, 0.3) is 0 Å². The van der Waals surface area contributed by atoms with Gasteiger partial charge in [-0.2, -0.15) is 0 Å². The molecule has 0 amide bonds. The number of rotatable bonds is 11. The lowest BCUT2D eigenvalue weighted by molar-refractivity contribution is 0.525. The van der Waals surface area contributed by atoms with Gasteiger partial charge in [-0.1, -0.05) is 84.0 Å². The molecule has 4 N–H and O–H groups in total. The van der Waals surface area contributed by atoms with E-state index in [1.54, 1.807) is 0 Å². The van der Waals surface area contributed by atoms with Crippen molar-refractivity contribution in [2.75, 3.05) is 0 Å². The molecule has 0 aliphatic rings. The highest BCUT2D eigenvalue weighted by Crippen LogP contribution is 2.29. The molecule has 0 saturated heterocycles. The molecule has 2 atom stereocenters. The van der Waals surface area contributed by atoms with Gasteiger partial charge in [0.15, 0.2) is 0 Å². The Morgan fingerprint density at radius 2 is 1.13 bits per heavy atom. The van der Waals surface area contributed by atoms with E-state index in [-0.39, 0.29) is 0 Å². The Morgan fingerprint density at radius 1 is 0.667 bits per heavy atom. The molecule has 0 unspecified atom stereocenters. The second-order valence-corrected chi connectivity index (χ2v) is 9.47. The Kier molecular flexibility index (Phi) is 13.7. The van der Waals surface area contributed by atoms with Crippen LogP contribution < -0.4 is 10.6 Å². The molecule has 2 heterocycles. The van der Waals surface area contributed by atoms with E-state index in [1.807, 2.05) is 40.1 Å². The highest BCUT2D eigenvalue weighted by atomic mass is 15.0. The second kappa shape index (κ2) is 16.7. The number of nitrogens with one attached hydrogen (secondary N) is 4. The van der Waals surface area contributed by atoms with Crippen LogP contribution in [0.25, 0.3) is 33.6 Å². The van der Waals surface area contributed by atoms with E-state index in [2.05, 4.69) is 108 Å². The lowest BCUT2D eigenvalue weighted by Crippen LogP contribution is -2.24. The first-order valence-electron chi connectivity index (χ1n) is 14.7. The van der Waals surface area contributed by atoms with Gasteiger partial charge in [-0.15, -0.1) is 0 Å². The fourth-order valence-electron chi connectivity index (χ4n) is 4.01. The topological polar surface area (TPSA) is 81.4 Å². The maximum absolute atomic E-state index is 4.56. The van der Waals surface area contributed by atoms with Gasteiger partial charge < -0.3 is 20.6 Å². The summed E-state index contributed by atoms with van der Waals surface area (Å²) in [6, 6.07) is 16.3. The number of hydrogen-bond donors (Lipinski definition) is 4. The van der Waals surface area contributed by atoms with Crippen LogP contribution in [0.1, 0.15) is 85.4 Å². The predicted molar refractivity (Wildman–Crippen MR) is 168 cm³/mol. The molecule has 0 aliphatic heterocycles. The summed E-state index contributed by atoms with van der Waals surface area (Å²) >= 11 is 0. The van der Waals surface area contributed by atoms with Gasteiger partial charge >= 0.3 is 0 Å². The lowest BCUT2D eigenvalue weighted by atomic mass is 9.97. The van der Waals surface area contributed by atoms with Gasteiger partial charge in [0, 0.05) is 17.6 Å². The molecule has 0 spiro atoms. The SMILES string of the molecule is CC.CC.CC[C@H](C)NCc1ncc(-c2ccc(-c3ccc(-c4cnc(CN[C@@H](C)CC)[nH]4)c(C)c3)cc2)[nH]1. The van der Waals surface area contributed by atoms with Crippen LogP contribution in [-0.4, -0.2) is 32.0 Å². The van der Waals surface area contributed by atoms with Crippen LogP contribution in [0.2, 0.25) is 0 Å². The third kappa shape index (κ3) is 9.19. The minimum atomic E-state index is 0.484. The second-order valence-electron chi connectivity index (χ2n) is 9.47. The number of aryl methyl sites for hydroxylation is 1. The van der Waals surface area contributed by atoms with Gasteiger partial charge in [-0.25, -0.2) is 9.97 Å². The average Bonchev–Trinajstić information content (AvgIpc) is 3.67. The molecule has 0 saturated carbocycles. The van der Waals surface area contributed by atoms with Gasteiger partial charge in [-0.05, 0) is 55.9 Å². The first-order valence-corrected chi connectivity index (χ1v) is 14.7. The van der Waals surface area contributed by atoms with E-state index in [0.29, 0.717) is 12.1 Å². The molecule has 6 heteroatoms. The first-order chi connectivity index (χ1) is 19.0. The summed E-state index contributed by atoms with van der Waals surface area (Å²) in [6.45, 7) is 20.4. The van der Waals surface area contributed by atoms with Crippen LogP contribution in [0.4, 0.5) is 0 Å². The number of aromatic amines is 2. The summed E-state index contributed by atoms with van der Waals surface area (Å²) in [7, 11) is 0. The zero-order valence-corrected chi connectivity index (χ0v) is 25.6. The van der Waals surface area contributed by atoms with Gasteiger partial charge in [0.05, 0.1) is 36.9 Å². The van der Waals surface area contributed by atoms with Crippen LogP contribution >= 0.6 is 0 Å². The smallest absolute Gasteiger partial charge is 0.120 e. The van der Waals surface area contributed by atoms with Crippen LogP contribution in [0.5, 0.6) is 0 Å². The monoisotopic (exact) mass is 530 g/mol. The summed E-state index contributed by atoms with van der Waals surface area (Å²) in [5.41, 5.74) is 8.06. The molecule has 0 aliphatic carbocycles. The van der Waals surface area contributed by atoms with Crippen molar-refractivity contribution in [3.8, 4) is 33.6 Å². The Morgan fingerprint density at radius 3 is 1.64 bits per heavy atom. The largest absolute Gasteiger partial charge is 0.341 e. The molecule has 212 valence electrons. The molecule has 2 aromatic heterocycles. The van der Waals surface area contributed by atoms with Gasteiger partial charge in [-0.3, -0.25) is 0 Å². The highest BCUT2D eigenvalue weighted by Gasteiger charge is 2.10. The van der Waals surface area contributed by atoms with E-state index in [1.165, 1.54) is 22.3 Å². The molecular weight excluding hydrogens is 480 g/mol. The average molecular weight is 531 g/mol. The summed E-state index contributed by atoms with van der Waals surface area (Å²) in [4.78, 5) is 16.0. The van der Waals surface area contributed by atoms with Crippen LogP contribution in [-0.2, 0) is 13.1 Å². The molecular formula is C33H50N6. The lowest BCUT2D eigenvalue weighted by Gasteiger charge is -2.10. The van der Waals surface area contributed by atoms with E-state index in [4.69, 9.17) is 0 Å².